The van der Waals surface area contributed by atoms with Crippen LogP contribution in [0.25, 0.3) is 0 Å². The number of carbonyl (C=O) groups excluding carboxylic acids is 4. The van der Waals surface area contributed by atoms with Gasteiger partial charge in [0.05, 0.1) is 29.0 Å². The number of halogens is 2. The summed E-state index contributed by atoms with van der Waals surface area (Å²) in [6, 6.07) is 9.70. The number of carbonyl (C=O) groups is 4. The summed E-state index contributed by atoms with van der Waals surface area (Å²) in [5.74, 6) is -2.88. The lowest BCUT2D eigenvalue weighted by Crippen LogP contribution is -2.51. The summed E-state index contributed by atoms with van der Waals surface area (Å²) in [6.07, 6.45) is -0.297. The molecule has 3 rings (SSSR count). The Labute approximate surface area is 305 Å². The number of aliphatic hydroxyl groups is 1. The molecule has 0 aromatic heterocycles. The molecule has 2 aromatic rings. The highest BCUT2D eigenvalue weighted by molar-refractivity contribution is 6.32. The normalized spacial score (nSPS) is 23.2. The van der Waals surface area contributed by atoms with Gasteiger partial charge in [-0.3, -0.25) is 14.4 Å². The standard InChI is InChI=1S/C38H50Cl2N2O8/c1-21(2)16-31-36(46)49-29(24(5)34(44)33(40)26-14-12-22(3)23(4)17-26)10-9-11-32(43)42-28(19-25-13-15-30(48-8)27(39)18-25)35(45)41-20-38(6,7)37(47)50-31/h9,11-15,17-18,21,24,28-29,31,33-34,44H,10,16,19-20H2,1-8H3,(H,41,45)(H,42,43)/b11-9+/t24-,28+,29-,31-,33-,34+/m0/s1. The second-order valence-corrected chi connectivity index (χ2v) is 14.9. The van der Waals surface area contributed by atoms with Crippen molar-refractivity contribution in [2.45, 2.75) is 97.5 Å². The molecular weight excluding hydrogens is 683 g/mol. The van der Waals surface area contributed by atoms with Crippen molar-refractivity contribution >= 4 is 47.0 Å². The number of amides is 2. The second-order valence-electron chi connectivity index (χ2n) is 14.1. The number of nitrogens with one attached hydrogen (secondary N) is 2. The van der Waals surface area contributed by atoms with Crippen LogP contribution in [0.1, 0.15) is 75.1 Å². The Kier molecular flexibility index (Phi) is 14.7. The molecular formula is C38H50Cl2N2O8. The van der Waals surface area contributed by atoms with Crippen LogP contribution < -0.4 is 15.4 Å². The predicted molar refractivity (Wildman–Crippen MR) is 193 cm³/mol. The maximum Gasteiger partial charge on any atom is 0.347 e. The number of methoxy groups -OCH3 is 1. The molecule has 0 unspecified atom stereocenters. The maximum atomic E-state index is 13.7. The van der Waals surface area contributed by atoms with E-state index < -0.39 is 64.8 Å². The summed E-state index contributed by atoms with van der Waals surface area (Å²) in [5, 5.41) is 16.4. The zero-order valence-electron chi connectivity index (χ0n) is 30.0. The Morgan fingerprint density at radius 2 is 1.72 bits per heavy atom. The van der Waals surface area contributed by atoms with Gasteiger partial charge in [-0.25, -0.2) is 4.79 Å². The number of benzene rings is 2. The summed E-state index contributed by atoms with van der Waals surface area (Å²) < 4.78 is 17.0. The quantitative estimate of drug-likeness (QED) is 0.213. The highest BCUT2D eigenvalue weighted by Crippen LogP contribution is 2.33. The molecule has 0 saturated heterocycles. The minimum absolute atomic E-state index is 0.0205. The number of ether oxygens (including phenoxy) is 3. The van der Waals surface area contributed by atoms with Gasteiger partial charge >= 0.3 is 11.9 Å². The van der Waals surface area contributed by atoms with Gasteiger partial charge in [-0.15, -0.1) is 11.6 Å². The average molecular weight is 734 g/mol. The molecule has 0 bridgehead atoms. The van der Waals surface area contributed by atoms with E-state index in [1.165, 1.54) is 19.3 Å². The second kappa shape index (κ2) is 18.1. The van der Waals surface area contributed by atoms with E-state index in [1.807, 2.05) is 45.9 Å². The van der Waals surface area contributed by atoms with Crippen molar-refractivity contribution in [3.63, 3.8) is 0 Å². The largest absolute Gasteiger partial charge is 0.495 e. The third kappa shape index (κ3) is 11.2. The summed E-state index contributed by atoms with van der Waals surface area (Å²) >= 11 is 13.1. The summed E-state index contributed by atoms with van der Waals surface area (Å²) in [6.45, 7) is 12.4. The topological polar surface area (TPSA) is 140 Å². The van der Waals surface area contributed by atoms with Crippen LogP contribution in [0, 0.1) is 31.1 Å². The van der Waals surface area contributed by atoms with Gasteiger partial charge in [-0.2, -0.15) is 0 Å². The van der Waals surface area contributed by atoms with E-state index in [0.717, 1.165) is 11.1 Å². The number of esters is 2. The van der Waals surface area contributed by atoms with Crippen LogP contribution in [0.2, 0.25) is 5.02 Å². The first-order valence-corrected chi connectivity index (χ1v) is 17.6. The summed E-state index contributed by atoms with van der Waals surface area (Å²) in [7, 11) is 1.49. The van der Waals surface area contributed by atoms with Crippen molar-refractivity contribution in [1.82, 2.24) is 10.6 Å². The van der Waals surface area contributed by atoms with E-state index in [4.69, 9.17) is 37.4 Å². The molecule has 10 nitrogen and oxygen atoms in total. The monoisotopic (exact) mass is 732 g/mol. The van der Waals surface area contributed by atoms with Crippen LogP contribution in [-0.4, -0.2) is 66.9 Å². The third-order valence-electron chi connectivity index (χ3n) is 8.92. The summed E-state index contributed by atoms with van der Waals surface area (Å²) in [4.78, 5) is 53.8. The SMILES string of the molecule is COc1ccc(C[C@H]2NC(=O)/C=C/C[C@@H]([C@H](C)[C@@H](O)[C@@H](Cl)c3ccc(C)c(C)c3)OC(=O)[C@H](CC(C)C)OC(=O)C(C)(C)CNC2=O)cc1Cl. The zero-order valence-corrected chi connectivity index (χ0v) is 31.6. The number of hydrogen-bond acceptors (Lipinski definition) is 8. The van der Waals surface area contributed by atoms with Crippen LogP contribution in [0.3, 0.4) is 0 Å². The lowest BCUT2D eigenvalue weighted by Gasteiger charge is -2.32. The van der Waals surface area contributed by atoms with E-state index in [1.54, 1.807) is 39.0 Å². The molecule has 1 aliphatic rings. The van der Waals surface area contributed by atoms with E-state index in [2.05, 4.69) is 10.6 Å². The molecule has 3 N–H and O–H groups in total. The molecule has 274 valence electrons. The number of hydrogen-bond donors (Lipinski definition) is 3. The molecule has 0 aliphatic carbocycles. The molecule has 50 heavy (non-hydrogen) atoms. The van der Waals surface area contributed by atoms with Gasteiger partial charge in [-0.1, -0.05) is 62.7 Å². The van der Waals surface area contributed by atoms with Crippen LogP contribution in [0.5, 0.6) is 5.75 Å². The minimum atomic E-state index is -1.25. The highest BCUT2D eigenvalue weighted by atomic mass is 35.5. The molecule has 6 atom stereocenters. The Morgan fingerprint density at radius 1 is 1.02 bits per heavy atom. The molecule has 0 spiro atoms. The Balaban J connectivity index is 1.97. The summed E-state index contributed by atoms with van der Waals surface area (Å²) in [5.41, 5.74) is 2.22. The first kappa shape index (κ1) is 40.8. The van der Waals surface area contributed by atoms with Crippen molar-refractivity contribution in [3.8, 4) is 5.75 Å². The smallest absolute Gasteiger partial charge is 0.347 e. The van der Waals surface area contributed by atoms with E-state index in [-0.39, 0.29) is 31.7 Å². The Hall–Kier alpha value is -3.60. The van der Waals surface area contributed by atoms with Gasteiger partial charge in [-0.05, 0) is 80.5 Å². The number of rotatable bonds is 9. The van der Waals surface area contributed by atoms with Crippen LogP contribution in [-0.2, 0) is 35.1 Å². The third-order valence-corrected chi connectivity index (χ3v) is 9.73. The minimum Gasteiger partial charge on any atom is -0.495 e. The number of aryl methyl sites for hydroxylation is 2. The van der Waals surface area contributed by atoms with Gasteiger partial charge in [0, 0.05) is 25.3 Å². The van der Waals surface area contributed by atoms with Crippen LogP contribution >= 0.6 is 23.2 Å². The van der Waals surface area contributed by atoms with E-state index >= 15 is 0 Å². The van der Waals surface area contributed by atoms with E-state index in [0.29, 0.717) is 21.9 Å². The molecule has 0 saturated carbocycles. The molecule has 1 aliphatic heterocycles. The van der Waals surface area contributed by atoms with E-state index in [9.17, 15) is 24.3 Å². The van der Waals surface area contributed by atoms with Gasteiger partial charge in [0.2, 0.25) is 11.8 Å². The zero-order chi connectivity index (χ0) is 37.3. The molecule has 12 heteroatoms. The number of cyclic esters (lactones) is 2. The molecule has 1 heterocycles. The molecule has 0 radical (unpaired) electrons. The lowest BCUT2D eigenvalue weighted by atomic mass is 9.89. The van der Waals surface area contributed by atoms with Crippen molar-refractivity contribution in [2.24, 2.45) is 17.3 Å². The molecule has 0 fully saturated rings. The van der Waals surface area contributed by atoms with Crippen molar-refractivity contribution in [3.05, 3.63) is 75.8 Å². The lowest BCUT2D eigenvalue weighted by molar-refractivity contribution is -0.180. The first-order valence-electron chi connectivity index (χ1n) is 16.8. The highest BCUT2D eigenvalue weighted by Gasteiger charge is 2.38. The van der Waals surface area contributed by atoms with Crippen LogP contribution in [0.4, 0.5) is 0 Å². The fraction of sp³-hybridized carbons (Fsp3) is 0.526. The van der Waals surface area contributed by atoms with Gasteiger partial charge in [0.1, 0.15) is 17.9 Å². The Bertz CT molecular complexity index is 1560. The number of aliphatic hydroxyl groups excluding tert-OH is 1. The fourth-order valence-electron chi connectivity index (χ4n) is 5.44. The fourth-order valence-corrected chi connectivity index (χ4v) is 6.08. The number of alkyl halides is 1. The van der Waals surface area contributed by atoms with Crippen molar-refractivity contribution < 1.29 is 38.5 Å². The van der Waals surface area contributed by atoms with Gasteiger partial charge in [0.25, 0.3) is 0 Å². The van der Waals surface area contributed by atoms with Crippen molar-refractivity contribution in [2.75, 3.05) is 13.7 Å². The molecule has 2 aromatic carbocycles. The molecule has 2 amide bonds. The van der Waals surface area contributed by atoms with Crippen molar-refractivity contribution in [1.29, 1.82) is 0 Å². The maximum absolute atomic E-state index is 13.7. The average Bonchev–Trinajstić information content (AvgIpc) is 3.05. The van der Waals surface area contributed by atoms with Crippen LogP contribution in [0.15, 0.2) is 48.6 Å². The van der Waals surface area contributed by atoms with Gasteiger partial charge in [0.15, 0.2) is 6.10 Å². The predicted octanol–water partition coefficient (Wildman–Crippen LogP) is 5.94. The van der Waals surface area contributed by atoms with Gasteiger partial charge < -0.3 is 30.0 Å². The Morgan fingerprint density at radius 3 is 2.34 bits per heavy atom. The first-order chi connectivity index (χ1) is 23.4.